The van der Waals surface area contributed by atoms with Crippen molar-refractivity contribution >= 4 is 28.9 Å². The molecular weight excluding hydrogens is 290 g/mol. The summed E-state index contributed by atoms with van der Waals surface area (Å²) in [5, 5.41) is 8.14. The number of thioether (sulfide) groups is 1. The van der Waals surface area contributed by atoms with Crippen LogP contribution in [-0.2, 0) is 0 Å². The molecule has 0 aliphatic rings. The molecular formula is C12H10F2N2OS2. The highest BCUT2D eigenvalue weighted by Crippen LogP contribution is 2.28. The molecule has 0 saturated carbocycles. The Kier molecular flexibility index (Phi) is 4.26. The van der Waals surface area contributed by atoms with Crippen LogP contribution in [0.25, 0.3) is 0 Å². The maximum atomic E-state index is 13.1. The SMILES string of the molecule is Cc1nnc(SC(C)C(=O)c2ccc(F)c(F)c2)s1. The van der Waals surface area contributed by atoms with Crippen LogP contribution in [0.3, 0.4) is 0 Å². The molecule has 19 heavy (non-hydrogen) atoms. The maximum Gasteiger partial charge on any atom is 0.176 e. The number of Topliss-reactive ketones (excluding diaryl/α,β-unsaturated/α-hetero) is 1. The van der Waals surface area contributed by atoms with Gasteiger partial charge in [-0.05, 0) is 32.0 Å². The minimum absolute atomic E-state index is 0.153. The Morgan fingerprint density at radius 2 is 2.05 bits per heavy atom. The molecule has 1 heterocycles. The van der Waals surface area contributed by atoms with Crippen LogP contribution in [0.15, 0.2) is 22.5 Å². The molecule has 0 N–H and O–H groups in total. The lowest BCUT2D eigenvalue weighted by Gasteiger charge is -2.08. The van der Waals surface area contributed by atoms with Crippen LogP contribution in [0.4, 0.5) is 8.78 Å². The molecule has 1 aromatic carbocycles. The van der Waals surface area contributed by atoms with Gasteiger partial charge in [-0.25, -0.2) is 8.78 Å². The summed E-state index contributed by atoms with van der Waals surface area (Å²) in [5.74, 6) is -2.25. The van der Waals surface area contributed by atoms with E-state index in [2.05, 4.69) is 10.2 Å². The number of hydrogen-bond acceptors (Lipinski definition) is 5. The zero-order valence-electron chi connectivity index (χ0n) is 10.2. The van der Waals surface area contributed by atoms with Crippen LogP contribution < -0.4 is 0 Å². The van der Waals surface area contributed by atoms with Crippen LogP contribution >= 0.6 is 23.1 Å². The van der Waals surface area contributed by atoms with Crippen molar-refractivity contribution in [3.63, 3.8) is 0 Å². The third kappa shape index (κ3) is 3.36. The van der Waals surface area contributed by atoms with Crippen LogP contribution in [0.2, 0.25) is 0 Å². The predicted molar refractivity (Wildman–Crippen MR) is 70.7 cm³/mol. The summed E-state index contributed by atoms with van der Waals surface area (Å²) in [6.45, 7) is 3.52. The molecule has 2 rings (SSSR count). The normalized spacial score (nSPS) is 12.4. The maximum absolute atomic E-state index is 13.1. The average molecular weight is 300 g/mol. The first-order chi connectivity index (χ1) is 8.97. The number of aromatic nitrogens is 2. The molecule has 0 bridgehead atoms. The molecule has 0 spiro atoms. The summed E-state index contributed by atoms with van der Waals surface area (Å²) in [4.78, 5) is 12.1. The van der Waals surface area contributed by atoms with Gasteiger partial charge in [0.25, 0.3) is 0 Å². The summed E-state index contributed by atoms with van der Waals surface area (Å²) in [6, 6.07) is 3.15. The minimum Gasteiger partial charge on any atom is -0.293 e. The van der Waals surface area contributed by atoms with E-state index in [1.807, 2.05) is 6.92 Å². The van der Waals surface area contributed by atoms with Crippen molar-refractivity contribution in [1.82, 2.24) is 10.2 Å². The number of rotatable bonds is 4. The molecule has 100 valence electrons. The molecule has 0 radical (unpaired) electrons. The quantitative estimate of drug-likeness (QED) is 0.640. The van der Waals surface area contributed by atoms with Gasteiger partial charge >= 0.3 is 0 Å². The van der Waals surface area contributed by atoms with E-state index in [1.165, 1.54) is 29.2 Å². The lowest BCUT2D eigenvalue weighted by atomic mass is 10.1. The molecule has 0 aliphatic carbocycles. The van der Waals surface area contributed by atoms with E-state index in [0.29, 0.717) is 4.34 Å². The Morgan fingerprint density at radius 1 is 1.32 bits per heavy atom. The topological polar surface area (TPSA) is 42.9 Å². The average Bonchev–Trinajstić information content (AvgIpc) is 2.77. The van der Waals surface area contributed by atoms with Crippen molar-refractivity contribution in [1.29, 1.82) is 0 Å². The second-order valence-electron chi connectivity index (χ2n) is 3.84. The number of carbonyl (C=O) groups excluding carboxylic acids is 1. The van der Waals surface area contributed by atoms with E-state index in [-0.39, 0.29) is 11.3 Å². The van der Waals surface area contributed by atoms with Gasteiger partial charge in [0.05, 0.1) is 5.25 Å². The standard InChI is InChI=1S/C12H10F2N2OS2/c1-6(18-12-16-15-7(2)19-12)11(17)8-3-4-9(13)10(14)5-8/h3-6H,1-2H3. The molecule has 1 atom stereocenters. The highest BCUT2D eigenvalue weighted by Gasteiger charge is 2.19. The summed E-state index contributed by atoms with van der Waals surface area (Å²) < 4.78 is 26.6. The summed E-state index contributed by atoms with van der Waals surface area (Å²) in [6.07, 6.45) is 0. The van der Waals surface area contributed by atoms with Crippen LogP contribution in [-0.4, -0.2) is 21.2 Å². The Morgan fingerprint density at radius 3 is 2.63 bits per heavy atom. The van der Waals surface area contributed by atoms with Crippen molar-refractivity contribution in [2.75, 3.05) is 0 Å². The summed E-state index contributed by atoms with van der Waals surface area (Å²) >= 11 is 2.65. The first kappa shape index (κ1) is 14.1. The number of nitrogens with zero attached hydrogens (tertiary/aromatic N) is 2. The van der Waals surface area contributed by atoms with Gasteiger partial charge in [0.2, 0.25) is 0 Å². The Balaban J connectivity index is 2.12. The monoisotopic (exact) mass is 300 g/mol. The summed E-state index contributed by atoms with van der Waals surface area (Å²) in [5.41, 5.74) is 0.153. The molecule has 0 fully saturated rings. The first-order valence-corrected chi connectivity index (χ1v) is 7.13. The molecule has 1 aromatic heterocycles. The number of aryl methyl sites for hydroxylation is 1. The van der Waals surface area contributed by atoms with Crippen molar-refractivity contribution in [3.8, 4) is 0 Å². The third-order valence-corrected chi connectivity index (χ3v) is 4.38. The molecule has 7 heteroatoms. The van der Waals surface area contributed by atoms with Gasteiger partial charge in [0.1, 0.15) is 5.01 Å². The Hall–Kier alpha value is -1.34. The smallest absolute Gasteiger partial charge is 0.176 e. The Labute approximate surface area is 117 Å². The minimum atomic E-state index is -1.02. The first-order valence-electron chi connectivity index (χ1n) is 5.43. The van der Waals surface area contributed by atoms with Gasteiger partial charge in [-0.15, -0.1) is 10.2 Å². The number of halogens is 2. The lowest BCUT2D eigenvalue weighted by molar-refractivity contribution is 0.0993. The van der Waals surface area contributed by atoms with E-state index >= 15 is 0 Å². The molecule has 0 amide bonds. The number of benzene rings is 1. The number of hydrogen-bond donors (Lipinski definition) is 0. The van der Waals surface area contributed by atoms with Crippen LogP contribution in [0.1, 0.15) is 22.3 Å². The highest BCUT2D eigenvalue weighted by molar-refractivity contribution is 8.02. The van der Waals surface area contributed by atoms with E-state index < -0.39 is 16.9 Å². The molecule has 1 unspecified atom stereocenters. The fourth-order valence-electron chi connectivity index (χ4n) is 1.41. The third-order valence-electron chi connectivity index (χ3n) is 2.36. The lowest BCUT2D eigenvalue weighted by Crippen LogP contribution is -2.13. The van der Waals surface area contributed by atoms with Gasteiger partial charge in [-0.3, -0.25) is 4.79 Å². The van der Waals surface area contributed by atoms with Gasteiger partial charge < -0.3 is 0 Å². The fraction of sp³-hybridized carbons (Fsp3) is 0.250. The second-order valence-corrected chi connectivity index (χ2v) is 6.61. The van der Waals surface area contributed by atoms with Gasteiger partial charge in [-0.1, -0.05) is 23.1 Å². The predicted octanol–water partition coefficient (Wildman–Crippen LogP) is 3.49. The van der Waals surface area contributed by atoms with Crippen LogP contribution in [0, 0.1) is 18.6 Å². The second kappa shape index (κ2) is 5.75. The van der Waals surface area contributed by atoms with Gasteiger partial charge in [0, 0.05) is 5.56 Å². The summed E-state index contributed by atoms with van der Waals surface area (Å²) in [7, 11) is 0. The zero-order chi connectivity index (χ0) is 14.0. The van der Waals surface area contributed by atoms with Crippen LogP contribution in [0.5, 0.6) is 0 Å². The van der Waals surface area contributed by atoms with Gasteiger partial charge in [0.15, 0.2) is 21.8 Å². The van der Waals surface area contributed by atoms with E-state index in [0.717, 1.165) is 17.1 Å². The number of ketones is 1. The van der Waals surface area contributed by atoms with Crippen molar-refractivity contribution in [2.24, 2.45) is 0 Å². The number of carbonyl (C=O) groups is 1. The zero-order valence-corrected chi connectivity index (χ0v) is 11.8. The molecule has 0 aliphatic heterocycles. The molecule has 3 nitrogen and oxygen atoms in total. The molecule has 2 aromatic rings. The van der Waals surface area contributed by atoms with Crippen molar-refractivity contribution in [2.45, 2.75) is 23.4 Å². The van der Waals surface area contributed by atoms with E-state index in [1.54, 1.807) is 6.92 Å². The highest BCUT2D eigenvalue weighted by atomic mass is 32.2. The fourth-order valence-corrected chi connectivity index (χ4v) is 3.45. The van der Waals surface area contributed by atoms with E-state index in [4.69, 9.17) is 0 Å². The van der Waals surface area contributed by atoms with E-state index in [9.17, 15) is 13.6 Å². The Bertz CT molecular complexity index is 616. The molecule has 0 saturated heterocycles. The van der Waals surface area contributed by atoms with Gasteiger partial charge in [-0.2, -0.15) is 0 Å². The largest absolute Gasteiger partial charge is 0.293 e. The van der Waals surface area contributed by atoms with Crippen molar-refractivity contribution < 1.29 is 13.6 Å². The van der Waals surface area contributed by atoms with Crippen molar-refractivity contribution in [3.05, 3.63) is 40.4 Å².